The first-order chi connectivity index (χ1) is 8.17. The van der Waals surface area contributed by atoms with E-state index in [1.54, 1.807) is 0 Å². The third kappa shape index (κ3) is 8.00. The first-order valence-corrected chi connectivity index (χ1v) is 7.08. The molecule has 2 nitrogen and oxygen atoms in total. The zero-order valence-electron chi connectivity index (χ0n) is 12.3. The fourth-order valence-corrected chi connectivity index (χ4v) is 1.58. The molecule has 0 bridgehead atoms. The van der Waals surface area contributed by atoms with Crippen molar-refractivity contribution in [1.29, 1.82) is 0 Å². The number of aliphatic imine (C=N–C) groups is 1. The molecule has 0 saturated carbocycles. The summed E-state index contributed by atoms with van der Waals surface area (Å²) >= 11 is 0. The van der Waals surface area contributed by atoms with Crippen LogP contribution in [0.2, 0.25) is 0 Å². The van der Waals surface area contributed by atoms with Gasteiger partial charge in [0.25, 0.3) is 0 Å². The van der Waals surface area contributed by atoms with Crippen LogP contribution in [0.1, 0.15) is 59.8 Å². The van der Waals surface area contributed by atoms with Gasteiger partial charge in [-0.05, 0) is 18.8 Å². The van der Waals surface area contributed by atoms with Crippen LogP contribution in [0.15, 0.2) is 17.1 Å². The van der Waals surface area contributed by atoms with Gasteiger partial charge in [0.15, 0.2) is 0 Å². The lowest BCUT2D eigenvalue weighted by atomic mass is 10.0. The van der Waals surface area contributed by atoms with Gasteiger partial charge in [0.2, 0.25) is 0 Å². The minimum Gasteiger partial charge on any atom is -0.377 e. The summed E-state index contributed by atoms with van der Waals surface area (Å²) in [4.78, 5) is 4.79. The second kappa shape index (κ2) is 10.4. The summed E-state index contributed by atoms with van der Waals surface area (Å²) in [5.74, 6) is 1.85. The zero-order valence-corrected chi connectivity index (χ0v) is 12.3. The second-order valence-electron chi connectivity index (χ2n) is 4.74. The summed E-state index contributed by atoms with van der Waals surface area (Å²) in [7, 11) is 1.98. The van der Waals surface area contributed by atoms with E-state index in [0.717, 1.165) is 25.1 Å². The summed E-state index contributed by atoms with van der Waals surface area (Å²) in [6.07, 6.45) is 10.2. The lowest BCUT2D eigenvalue weighted by Gasteiger charge is -2.13. The van der Waals surface area contributed by atoms with Crippen molar-refractivity contribution in [2.24, 2.45) is 10.9 Å². The molecule has 0 radical (unpaired) electrons. The molecular formula is C15H30N2. The molecule has 0 rings (SSSR count). The summed E-state index contributed by atoms with van der Waals surface area (Å²) in [6.45, 7) is 8.91. The van der Waals surface area contributed by atoms with Gasteiger partial charge >= 0.3 is 0 Å². The van der Waals surface area contributed by atoms with Crippen LogP contribution >= 0.6 is 0 Å². The van der Waals surface area contributed by atoms with E-state index in [1.807, 2.05) is 7.05 Å². The fourth-order valence-electron chi connectivity index (χ4n) is 1.58. The van der Waals surface area contributed by atoms with Gasteiger partial charge in [0, 0.05) is 13.5 Å². The first kappa shape index (κ1) is 16.2. The van der Waals surface area contributed by atoms with Gasteiger partial charge in [-0.2, -0.15) is 0 Å². The number of nitrogens with zero attached hydrogens (tertiary/aromatic N) is 1. The van der Waals surface area contributed by atoms with Crippen molar-refractivity contribution >= 4 is 5.84 Å². The first-order valence-electron chi connectivity index (χ1n) is 7.08. The van der Waals surface area contributed by atoms with Crippen LogP contribution in [-0.2, 0) is 0 Å². The van der Waals surface area contributed by atoms with E-state index >= 15 is 0 Å². The number of hydrogen-bond acceptors (Lipinski definition) is 1. The summed E-state index contributed by atoms with van der Waals surface area (Å²) in [6, 6.07) is 0.341. The average Bonchev–Trinajstić information content (AvgIpc) is 2.36. The zero-order chi connectivity index (χ0) is 13.1. The third-order valence-corrected chi connectivity index (χ3v) is 3.08. The Morgan fingerprint density at radius 1 is 1.24 bits per heavy atom. The number of allylic oxidation sites excluding steroid dienone is 1. The molecule has 0 aliphatic heterocycles. The van der Waals surface area contributed by atoms with Crippen molar-refractivity contribution in [3.63, 3.8) is 0 Å². The fraction of sp³-hybridized carbons (Fsp3) is 0.800. The smallest absolute Gasteiger partial charge is 0.0970 e. The third-order valence-electron chi connectivity index (χ3n) is 3.08. The van der Waals surface area contributed by atoms with Crippen molar-refractivity contribution in [3.8, 4) is 0 Å². The highest BCUT2D eigenvalue weighted by Crippen LogP contribution is 2.09. The molecule has 2 unspecified atom stereocenters. The normalized spacial score (nSPS) is 16.2. The Bertz CT molecular complexity index is 231. The highest BCUT2D eigenvalue weighted by Gasteiger charge is 2.06. The van der Waals surface area contributed by atoms with Crippen LogP contribution in [0, 0.1) is 5.92 Å². The Labute approximate surface area is 108 Å². The van der Waals surface area contributed by atoms with Crippen LogP contribution in [0.3, 0.4) is 0 Å². The highest BCUT2D eigenvalue weighted by atomic mass is 15.0. The van der Waals surface area contributed by atoms with Crippen molar-refractivity contribution in [2.75, 3.05) is 7.05 Å². The predicted molar refractivity (Wildman–Crippen MR) is 78.7 cm³/mol. The van der Waals surface area contributed by atoms with Crippen molar-refractivity contribution in [3.05, 3.63) is 12.2 Å². The van der Waals surface area contributed by atoms with E-state index in [1.165, 1.54) is 12.8 Å². The van der Waals surface area contributed by atoms with E-state index in [2.05, 4.69) is 45.2 Å². The van der Waals surface area contributed by atoms with Gasteiger partial charge in [0.1, 0.15) is 0 Å². The molecule has 0 amide bonds. The number of amidine groups is 1. The maximum atomic E-state index is 4.79. The summed E-state index contributed by atoms with van der Waals surface area (Å²) < 4.78 is 0. The largest absolute Gasteiger partial charge is 0.377 e. The molecule has 100 valence electrons. The number of unbranched alkanes of at least 4 members (excludes halogenated alkanes) is 1. The Hall–Kier alpha value is -0.790. The van der Waals surface area contributed by atoms with E-state index in [9.17, 15) is 0 Å². The Morgan fingerprint density at radius 2 is 1.94 bits per heavy atom. The van der Waals surface area contributed by atoms with E-state index in [-0.39, 0.29) is 0 Å². The quantitative estimate of drug-likeness (QED) is 0.383. The van der Waals surface area contributed by atoms with Crippen LogP contribution in [-0.4, -0.2) is 18.9 Å². The molecule has 1 N–H and O–H groups in total. The number of rotatable bonds is 8. The molecular weight excluding hydrogens is 208 g/mol. The summed E-state index contributed by atoms with van der Waals surface area (Å²) in [5, 5.41) is 3.24. The van der Waals surface area contributed by atoms with Crippen molar-refractivity contribution in [2.45, 2.75) is 65.8 Å². The standard InChI is InChI=1S/C15H30N2/c1-6-9-10-11-14(8-3)17-15(16-5)12-13(4)7-2/h10-11,13-14H,6-9,12H2,1-5H3,(H,16,17)/b11-10+. The molecule has 0 aromatic heterocycles. The van der Waals surface area contributed by atoms with Gasteiger partial charge < -0.3 is 5.32 Å². The molecule has 0 aromatic rings. The molecule has 17 heavy (non-hydrogen) atoms. The monoisotopic (exact) mass is 238 g/mol. The van der Waals surface area contributed by atoms with Crippen LogP contribution in [0.25, 0.3) is 0 Å². The van der Waals surface area contributed by atoms with Gasteiger partial charge in [-0.15, -0.1) is 0 Å². The molecule has 2 atom stereocenters. The molecule has 0 saturated heterocycles. The molecule has 0 aliphatic carbocycles. The van der Waals surface area contributed by atoms with Crippen molar-refractivity contribution < 1.29 is 0 Å². The van der Waals surface area contributed by atoms with Crippen LogP contribution in [0.5, 0.6) is 0 Å². The number of hydrogen-bond donors (Lipinski definition) is 1. The molecule has 2 heteroatoms. The molecule has 0 heterocycles. The lowest BCUT2D eigenvalue weighted by Crippen LogP contribution is -2.23. The maximum absolute atomic E-state index is 4.79. The minimum atomic E-state index is 0.341. The maximum Gasteiger partial charge on any atom is 0.0970 e. The van der Waals surface area contributed by atoms with Gasteiger partial charge in [-0.3, -0.25) is 4.99 Å². The topological polar surface area (TPSA) is 24.4 Å². The predicted octanol–water partition coefficient (Wildman–Crippen LogP) is 4.18. The van der Waals surface area contributed by atoms with Gasteiger partial charge in [-0.25, -0.2) is 0 Å². The molecule has 0 aliphatic rings. The van der Waals surface area contributed by atoms with Gasteiger partial charge in [-0.1, -0.05) is 52.7 Å². The molecule has 0 aromatic carbocycles. The summed E-state index contributed by atoms with van der Waals surface area (Å²) in [5.41, 5.74) is 0. The highest BCUT2D eigenvalue weighted by molar-refractivity contribution is 5.82. The molecule has 0 fully saturated rings. The Kier molecular flexibility index (Phi) is 9.89. The lowest BCUT2D eigenvalue weighted by molar-refractivity contribution is 0.577. The Morgan fingerprint density at radius 3 is 2.41 bits per heavy atom. The SMILES string of the molecule is CCC/C=C/C(CC)/N=C(/CC(C)CC)NC. The van der Waals surface area contributed by atoms with E-state index < -0.39 is 0 Å². The Balaban J connectivity index is 4.42. The number of nitrogens with one attached hydrogen (secondary N) is 1. The van der Waals surface area contributed by atoms with E-state index in [0.29, 0.717) is 12.0 Å². The minimum absolute atomic E-state index is 0.341. The van der Waals surface area contributed by atoms with Gasteiger partial charge in [0.05, 0.1) is 11.9 Å². The second-order valence-corrected chi connectivity index (χ2v) is 4.74. The van der Waals surface area contributed by atoms with Crippen LogP contribution in [0.4, 0.5) is 0 Å². The molecule has 0 spiro atoms. The van der Waals surface area contributed by atoms with Crippen LogP contribution < -0.4 is 5.32 Å². The average molecular weight is 238 g/mol. The van der Waals surface area contributed by atoms with Crippen molar-refractivity contribution in [1.82, 2.24) is 5.32 Å². The van der Waals surface area contributed by atoms with E-state index in [4.69, 9.17) is 4.99 Å².